The van der Waals surface area contributed by atoms with Gasteiger partial charge in [0.15, 0.2) is 0 Å². The largest absolute Gasteiger partial charge is 0.254 e. The van der Waals surface area contributed by atoms with Crippen molar-refractivity contribution in [3.63, 3.8) is 0 Å². The van der Waals surface area contributed by atoms with Crippen molar-refractivity contribution in [1.29, 1.82) is 0 Å². The number of hydrogen-bond acceptors (Lipinski definition) is 1. The van der Waals surface area contributed by atoms with Crippen molar-refractivity contribution in [2.45, 2.75) is 20.8 Å². The van der Waals surface area contributed by atoms with Crippen LogP contribution in [0.4, 0.5) is 0 Å². The molecule has 0 bridgehead atoms. The maximum Gasteiger partial charge on any atom is 0.0626 e. The second kappa shape index (κ2) is 5.66. The van der Waals surface area contributed by atoms with Crippen molar-refractivity contribution in [2.75, 3.05) is 0 Å². The van der Waals surface area contributed by atoms with E-state index in [0.717, 1.165) is 11.4 Å². The summed E-state index contributed by atoms with van der Waals surface area (Å²) in [7, 11) is 0. The van der Waals surface area contributed by atoms with Gasteiger partial charge in [-0.05, 0) is 25.1 Å². The highest BCUT2D eigenvalue weighted by Gasteiger charge is 1.84. The van der Waals surface area contributed by atoms with E-state index in [-0.39, 0.29) is 0 Å². The van der Waals surface area contributed by atoms with Crippen LogP contribution in [0.2, 0.25) is 0 Å². The molecule has 0 aliphatic rings. The van der Waals surface area contributed by atoms with E-state index < -0.39 is 0 Å². The minimum absolute atomic E-state index is 0.940. The summed E-state index contributed by atoms with van der Waals surface area (Å²) < 4.78 is 0. The van der Waals surface area contributed by atoms with Gasteiger partial charge in [-0.2, -0.15) is 0 Å². The normalized spacial score (nSPS) is 7.91. The van der Waals surface area contributed by atoms with Crippen LogP contribution in [0, 0.1) is 6.92 Å². The first kappa shape index (κ1) is 9.89. The molecule has 0 saturated carbocycles. The van der Waals surface area contributed by atoms with Gasteiger partial charge in [0.2, 0.25) is 0 Å². The lowest BCUT2D eigenvalue weighted by atomic mass is 10.3. The Morgan fingerprint density at radius 1 is 1.36 bits per heavy atom. The van der Waals surface area contributed by atoms with Crippen molar-refractivity contribution in [2.24, 2.45) is 0 Å². The molecule has 0 spiro atoms. The molecule has 0 unspecified atom stereocenters. The average molecular weight is 149 g/mol. The Morgan fingerprint density at radius 2 is 2.00 bits per heavy atom. The van der Waals surface area contributed by atoms with E-state index in [1.165, 1.54) is 0 Å². The highest BCUT2D eigenvalue weighted by Crippen LogP contribution is 1.97. The quantitative estimate of drug-likeness (QED) is 0.598. The molecule has 0 radical (unpaired) electrons. The zero-order valence-corrected chi connectivity index (χ0v) is 7.46. The van der Waals surface area contributed by atoms with Gasteiger partial charge in [0.05, 0.1) is 5.69 Å². The topological polar surface area (TPSA) is 12.9 Å². The molecular weight excluding hydrogens is 134 g/mol. The Bertz CT molecular complexity index is 216. The Balaban J connectivity index is 0.000000461. The van der Waals surface area contributed by atoms with Gasteiger partial charge in [-0.25, -0.2) is 0 Å². The Morgan fingerprint density at radius 3 is 2.36 bits per heavy atom. The van der Waals surface area contributed by atoms with Gasteiger partial charge in [0.1, 0.15) is 0 Å². The molecule has 1 nitrogen and oxygen atoms in total. The van der Waals surface area contributed by atoms with Crippen LogP contribution in [0.15, 0.2) is 24.8 Å². The molecular formula is C10H15N. The lowest BCUT2D eigenvalue weighted by Crippen LogP contribution is -1.81. The van der Waals surface area contributed by atoms with Crippen LogP contribution in [0.25, 0.3) is 6.08 Å². The predicted octanol–water partition coefficient (Wildman–Crippen LogP) is 3.06. The van der Waals surface area contributed by atoms with Crippen LogP contribution in [-0.4, -0.2) is 4.98 Å². The fraction of sp³-hybridized carbons (Fsp3) is 0.300. The van der Waals surface area contributed by atoms with Gasteiger partial charge in [-0.3, -0.25) is 4.98 Å². The molecule has 1 rings (SSSR count). The van der Waals surface area contributed by atoms with E-state index in [4.69, 9.17) is 0 Å². The third-order valence-electron chi connectivity index (χ3n) is 1.12. The minimum atomic E-state index is 0.940. The smallest absolute Gasteiger partial charge is 0.0626 e. The zero-order chi connectivity index (χ0) is 8.69. The summed E-state index contributed by atoms with van der Waals surface area (Å²) in [5, 5.41) is 0. The fourth-order valence-corrected chi connectivity index (χ4v) is 0.678. The molecule has 0 amide bonds. The fourth-order valence-electron chi connectivity index (χ4n) is 0.678. The predicted molar refractivity (Wildman–Crippen MR) is 50.4 cm³/mol. The first-order valence-electron chi connectivity index (χ1n) is 3.89. The summed E-state index contributed by atoms with van der Waals surface area (Å²) in [5.74, 6) is 0. The van der Waals surface area contributed by atoms with E-state index in [9.17, 15) is 0 Å². The monoisotopic (exact) mass is 149 g/mol. The summed E-state index contributed by atoms with van der Waals surface area (Å²) >= 11 is 0. The highest BCUT2D eigenvalue weighted by molar-refractivity contribution is 5.41. The molecule has 1 aromatic heterocycles. The second-order valence-corrected chi connectivity index (χ2v) is 1.91. The van der Waals surface area contributed by atoms with Crippen molar-refractivity contribution >= 4 is 6.08 Å². The molecule has 11 heavy (non-hydrogen) atoms. The number of hydrogen-bond donors (Lipinski definition) is 0. The summed E-state index contributed by atoms with van der Waals surface area (Å²) in [6, 6.07) is 5.87. The standard InChI is InChI=1S/C8H9N.C2H6/c1-3-8-6-4-5-7(2)9-8;1-2/h3-6H,1H2,2H3;1-2H3. The molecule has 0 aromatic carbocycles. The zero-order valence-electron chi connectivity index (χ0n) is 7.46. The molecule has 1 aromatic rings. The third-order valence-corrected chi connectivity index (χ3v) is 1.12. The van der Waals surface area contributed by atoms with Gasteiger partial charge in [0.25, 0.3) is 0 Å². The molecule has 0 aliphatic carbocycles. The van der Waals surface area contributed by atoms with E-state index in [0.29, 0.717) is 0 Å². The highest BCUT2D eigenvalue weighted by atomic mass is 14.7. The van der Waals surface area contributed by atoms with Crippen LogP contribution in [0.1, 0.15) is 25.2 Å². The Hall–Kier alpha value is -1.11. The van der Waals surface area contributed by atoms with E-state index in [2.05, 4.69) is 11.6 Å². The molecule has 1 heteroatoms. The molecule has 0 saturated heterocycles. The van der Waals surface area contributed by atoms with E-state index in [1.807, 2.05) is 39.0 Å². The minimum Gasteiger partial charge on any atom is -0.254 e. The van der Waals surface area contributed by atoms with Crippen molar-refractivity contribution < 1.29 is 0 Å². The average Bonchev–Trinajstić information content (AvgIpc) is 2.08. The maximum absolute atomic E-state index is 4.17. The number of pyridine rings is 1. The molecule has 0 aliphatic heterocycles. The van der Waals surface area contributed by atoms with Gasteiger partial charge < -0.3 is 0 Å². The molecule has 0 atom stereocenters. The van der Waals surface area contributed by atoms with Crippen molar-refractivity contribution in [3.8, 4) is 0 Å². The first-order chi connectivity index (χ1) is 5.33. The van der Waals surface area contributed by atoms with Crippen LogP contribution in [-0.2, 0) is 0 Å². The summed E-state index contributed by atoms with van der Waals surface area (Å²) in [6.45, 7) is 9.57. The number of nitrogens with zero attached hydrogens (tertiary/aromatic N) is 1. The SMILES string of the molecule is C=Cc1cccc(C)n1.CC. The first-order valence-corrected chi connectivity index (χ1v) is 3.89. The molecule has 0 N–H and O–H groups in total. The Kier molecular flexibility index (Phi) is 5.09. The number of rotatable bonds is 1. The number of aryl methyl sites for hydroxylation is 1. The second-order valence-electron chi connectivity index (χ2n) is 1.91. The van der Waals surface area contributed by atoms with Crippen LogP contribution in [0.5, 0.6) is 0 Å². The summed E-state index contributed by atoms with van der Waals surface area (Å²) in [6.07, 6.45) is 1.74. The Labute approximate surface area is 68.8 Å². The maximum atomic E-state index is 4.17. The van der Waals surface area contributed by atoms with Crippen LogP contribution >= 0.6 is 0 Å². The van der Waals surface area contributed by atoms with Crippen molar-refractivity contribution in [3.05, 3.63) is 36.2 Å². The van der Waals surface area contributed by atoms with Gasteiger partial charge in [0, 0.05) is 5.69 Å². The molecule has 1 heterocycles. The third kappa shape index (κ3) is 3.56. The lowest BCUT2D eigenvalue weighted by Gasteiger charge is -1.91. The van der Waals surface area contributed by atoms with Crippen molar-refractivity contribution in [1.82, 2.24) is 4.98 Å². The summed E-state index contributed by atoms with van der Waals surface area (Å²) in [4.78, 5) is 4.17. The number of aromatic nitrogens is 1. The molecule has 60 valence electrons. The summed E-state index contributed by atoms with van der Waals surface area (Å²) in [5.41, 5.74) is 1.97. The van der Waals surface area contributed by atoms with Crippen LogP contribution < -0.4 is 0 Å². The lowest BCUT2D eigenvalue weighted by molar-refractivity contribution is 1.18. The van der Waals surface area contributed by atoms with E-state index >= 15 is 0 Å². The van der Waals surface area contributed by atoms with Gasteiger partial charge in [-0.15, -0.1) is 0 Å². The van der Waals surface area contributed by atoms with Gasteiger partial charge in [-0.1, -0.05) is 26.5 Å². The molecule has 0 fully saturated rings. The van der Waals surface area contributed by atoms with Gasteiger partial charge >= 0.3 is 0 Å². The van der Waals surface area contributed by atoms with Crippen LogP contribution in [0.3, 0.4) is 0 Å². The van der Waals surface area contributed by atoms with E-state index in [1.54, 1.807) is 6.08 Å².